The van der Waals surface area contributed by atoms with Crippen molar-refractivity contribution >= 4 is 13.3 Å². The maximum Gasteiger partial charge on any atom is 0.327 e. The van der Waals surface area contributed by atoms with Crippen molar-refractivity contribution in [1.82, 2.24) is 4.90 Å². The van der Waals surface area contributed by atoms with E-state index in [0.29, 0.717) is 31.7 Å². The molecule has 2 N–H and O–H groups in total. The zero-order valence-electron chi connectivity index (χ0n) is 15.0. The lowest BCUT2D eigenvalue weighted by Gasteiger charge is -2.30. The quantitative estimate of drug-likeness (QED) is 0.518. The Bertz CT molecular complexity index is 512. The van der Waals surface area contributed by atoms with Crippen molar-refractivity contribution in [2.75, 3.05) is 32.2 Å². The Morgan fingerprint density at radius 3 is 2.22 bits per heavy atom. The second-order valence-corrected chi connectivity index (χ2v) is 8.37. The van der Waals surface area contributed by atoms with Crippen LogP contribution in [0.25, 0.3) is 0 Å². The normalized spacial score (nSPS) is 14.6. The first-order chi connectivity index (χ1) is 10.7. The van der Waals surface area contributed by atoms with Crippen LogP contribution in [0.5, 0.6) is 0 Å². The van der Waals surface area contributed by atoms with Crippen molar-refractivity contribution in [2.45, 2.75) is 46.2 Å². The Kier molecular flexibility index (Phi) is 8.27. The molecule has 0 saturated carbocycles. The van der Waals surface area contributed by atoms with Crippen LogP contribution in [0.3, 0.4) is 0 Å². The number of hydrogen-bond donors (Lipinski definition) is 1. The first-order valence-corrected chi connectivity index (χ1v) is 10.2. The summed E-state index contributed by atoms with van der Waals surface area (Å²) < 4.78 is 23.3. The van der Waals surface area contributed by atoms with Gasteiger partial charge in [-0.25, -0.2) is 0 Å². The minimum Gasteiger partial charge on any atom is -0.399 e. The van der Waals surface area contributed by atoms with E-state index in [2.05, 4.69) is 32.6 Å². The van der Waals surface area contributed by atoms with Crippen molar-refractivity contribution in [2.24, 2.45) is 0 Å². The molecule has 0 aliphatic rings. The standard InChI is InChI=1S/C17H31N2O3P/c1-14(2)19(15(3)4)11-13-22-23(5,20)21-12-10-16-8-6-7-9-17(16)18/h6-9,14-15H,10-13,18H2,1-5H3. The summed E-state index contributed by atoms with van der Waals surface area (Å²) in [6.07, 6.45) is 0.623. The summed E-state index contributed by atoms with van der Waals surface area (Å²) in [4.78, 5) is 2.30. The summed E-state index contributed by atoms with van der Waals surface area (Å²) in [7, 11) is -3.03. The third kappa shape index (κ3) is 7.49. The number of nitrogen functional groups attached to an aromatic ring is 1. The molecule has 6 heteroatoms. The number of hydrogen-bond acceptors (Lipinski definition) is 5. The van der Waals surface area contributed by atoms with Gasteiger partial charge < -0.3 is 14.8 Å². The monoisotopic (exact) mass is 342 g/mol. The first-order valence-electron chi connectivity index (χ1n) is 8.18. The van der Waals surface area contributed by atoms with Gasteiger partial charge in [0.25, 0.3) is 0 Å². The zero-order chi connectivity index (χ0) is 17.5. The first kappa shape index (κ1) is 20.2. The van der Waals surface area contributed by atoms with E-state index in [4.69, 9.17) is 14.8 Å². The van der Waals surface area contributed by atoms with Crippen LogP contribution in [0.2, 0.25) is 0 Å². The molecule has 132 valence electrons. The summed E-state index contributed by atoms with van der Waals surface area (Å²) in [5, 5.41) is 0. The Morgan fingerprint density at radius 1 is 1.09 bits per heavy atom. The fourth-order valence-corrected chi connectivity index (χ4v) is 3.46. The van der Waals surface area contributed by atoms with Crippen LogP contribution in [0, 0.1) is 0 Å². The van der Waals surface area contributed by atoms with E-state index in [1.54, 1.807) is 0 Å². The van der Waals surface area contributed by atoms with Crippen LogP contribution < -0.4 is 5.73 Å². The Morgan fingerprint density at radius 2 is 1.65 bits per heavy atom. The number of nitrogens with two attached hydrogens (primary N) is 1. The predicted octanol–water partition coefficient (Wildman–Crippen LogP) is 3.79. The number of nitrogens with zero attached hydrogens (tertiary/aromatic N) is 1. The lowest BCUT2D eigenvalue weighted by Crippen LogP contribution is -2.39. The van der Waals surface area contributed by atoms with E-state index in [1.165, 1.54) is 6.66 Å². The van der Waals surface area contributed by atoms with Crippen LogP contribution in [0.1, 0.15) is 33.3 Å². The van der Waals surface area contributed by atoms with Crippen LogP contribution in [0.15, 0.2) is 24.3 Å². The summed E-state index contributed by atoms with van der Waals surface area (Å²) in [6.45, 7) is 11.6. The molecule has 0 radical (unpaired) electrons. The highest BCUT2D eigenvalue weighted by atomic mass is 31.2. The van der Waals surface area contributed by atoms with Gasteiger partial charge in [0.2, 0.25) is 0 Å². The van der Waals surface area contributed by atoms with E-state index in [0.717, 1.165) is 17.8 Å². The van der Waals surface area contributed by atoms with Gasteiger partial charge >= 0.3 is 7.60 Å². The van der Waals surface area contributed by atoms with Gasteiger partial charge in [-0.15, -0.1) is 0 Å². The topological polar surface area (TPSA) is 64.8 Å². The van der Waals surface area contributed by atoms with Gasteiger partial charge in [0.1, 0.15) is 0 Å². The lowest BCUT2D eigenvalue weighted by atomic mass is 10.1. The van der Waals surface area contributed by atoms with E-state index < -0.39 is 7.60 Å². The zero-order valence-corrected chi connectivity index (χ0v) is 15.9. The van der Waals surface area contributed by atoms with E-state index in [9.17, 15) is 4.57 Å². The molecule has 1 rings (SSSR count). The van der Waals surface area contributed by atoms with Crippen LogP contribution in [-0.4, -0.2) is 43.4 Å². The smallest absolute Gasteiger partial charge is 0.327 e. The molecule has 23 heavy (non-hydrogen) atoms. The molecular formula is C17H31N2O3P. The lowest BCUT2D eigenvalue weighted by molar-refractivity contribution is 0.129. The van der Waals surface area contributed by atoms with Crippen LogP contribution in [0.4, 0.5) is 5.69 Å². The van der Waals surface area contributed by atoms with Gasteiger partial charge in [-0.05, 0) is 45.7 Å². The molecule has 0 saturated heterocycles. The summed E-state index contributed by atoms with van der Waals surface area (Å²) in [6, 6.07) is 8.48. The summed E-state index contributed by atoms with van der Waals surface area (Å²) in [5.41, 5.74) is 7.61. The Labute approximate surface area is 140 Å². The van der Waals surface area contributed by atoms with Gasteiger partial charge in [-0.2, -0.15) is 0 Å². The molecule has 1 atom stereocenters. The molecule has 0 spiro atoms. The Balaban J connectivity index is 2.36. The molecule has 0 aromatic heterocycles. The number of para-hydroxylation sites is 1. The second-order valence-electron chi connectivity index (χ2n) is 6.31. The van der Waals surface area contributed by atoms with E-state index in [-0.39, 0.29) is 0 Å². The van der Waals surface area contributed by atoms with Crippen molar-refractivity contribution < 1.29 is 13.6 Å². The summed E-state index contributed by atoms with van der Waals surface area (Å²) in [5.74, 6) is 0. The molecular weight excluding hydrogens is 311 g/mol. The van der Waals surface area contributed by atoms with Crippen LogP contribution in [-0.2, 0) is 20.0 Å². The molecule has 0 aliphatic carbocycles. The highest BCUT2D eigenvalue weighted by Crippen LogP contribution is 2.43. The highest BCUT2D eigenvalue weighted by Gasteiger charge is 2.19. The average molecular weight is 342 g/mol. The number of rotatable bonds is 10. The molecule has 0 amide bonds. The average Bonchev–Trinajstić information content (AvgIpc) is 2.44. The summed E-state index contributed by atoms with van der Waals surface area (Å²) >= 11 is 0. The van der Waals surface area contributed by atoms with Gasteiger partial charge in [-0.3, -0.25) is 9.46 Å². The third-order valence-electron chi connectivity index (χ3n) is 3.75. The molecule has 0 fully saturated rings. The molecule has 5 nitrogen and oxygen atoms in total. The molecule has 1 aromatic rings. The minimum atomic E-state index is -3.03. The predicted molar refractivity (Wildman–Crippen MR) is 97.0 cm³/mol. The number of anilines is 1. The Hall–Kier alpha value is -0.870. The van der Waals surface area contributed by atoms with Crippen molar-refractivity contribution in [3.8, 4) is 0 Å². The van der Waals surface area contributed by atoms with Gasteiger partial charge in [0, 0.05) is 31.0 Å². The van der Waals surface area contributed by atoms with Crippen LogP contribution >= 0.6 is 7.60 Å². The van der Waals surface area contributed by atoms with Gasteiger partial charge in [0.15, 0.2) is 0 Å². The minimum absolute atomic E-state index is 0.333. The maximum atomic E-state index is 12.3. The van der Waals surface area contributed by atoms with Crippen molar-refractivity contribution in [3.05, 3.63) is 29.8 Å². The molecule has 1 aromatic carbocycles. The van der Waals surface area contributed by atoms with Gasteiger partial charge in [0.05, 0.1) is 13.2 Å². The fourth-order valence-electron chi connectivity index (χ4n) is 2.55. The number of benzene rings is 1. The van der Waals surface area contributed by atoms with E-state index >= 15 is 0 Å². The molecule has 0 bridgehead atoms. The molecule has 1 unspecified atom stereocenters. The fraction of sp³-hybridized carbons (Fsp3) is 0.647. The second kappa shape index (κ2) is 9.43. The van der Waals surface area contributed by atoms with Crippen molar-refractivity contribution in [1.29, 1.82) is 0 Å². The highest BCUT2D eigenvalue weighted by molar-refractivity contribution is 7.52. The van der Waals surface area contributed by atoms with E-state index in [1.807, 2.05) is 24.3 Å². The molecule has 0 aliphatic heterocycles. The van der Waals surface area contributed by atoms with Gasteiger partial charge in [-0.1, -0.05) is 18.2 Å². The molecule has 0 heterocycles. The maximum absolute atomic E-state index is 12.3. The SMILES string of the molecule is CC(C)N(CCOP(C)(=O)OCCc1ccccc1N)C(C)C. The third-order valence-corrected chi connectivity index (χ3v) is 5.06. The largest absolute Gasteiger partial charge is 0.399 e. The van der Waals surface area contributed by atoms with Crippen molar-refractivity contribution in [3.63, 3.8) is 0 Å².